The van der Waals surface area contributed by atoms with Gasteiger partial charge in [-0.25, -0.2) is 8.42 Å². The zero-order valence-corrected chi connectivity index (χ0v) is 18.6. The summed E-state index contributed by atoms with van der Waals surface area (Å²) in [4.78, 5) is 18.2. The highest BCUT2D eigenvalue weighted by Gasteiger charge is 2.42. The fraction of sp³-hybridized carbons (Fsp3) is 0.600. The van der Waals surface area contributed by atoms with Crippen LogP contribution in [0.1, 0.15) is 12.0 Å². The van der Waals surface area contributed by atoms with Crippen LogP contribution in [-0.4, -0.2) is 81.7 Å². The topological polar surface area (TPSA) is 101 Å². The van der Waals surface area contributed by atoms with Crippen LogP contribution in [0.2, 0.25) is 0 Å². The first kappa shape index (κ1) is 21.6. The minimum atomic E-state index is -2.93. The van der Waals surface area contributed by atoms with E-state index in [9.17, 15) is 13.2 Å². The van der Waals surface area contributed by atoms with Crippen LogP contribution in [-0.2, 0) is 25.8 Å². The molecule has 2 atom stereocenters. The van der Waals surface area contributed by atoms with Crippen molar-refractivity contribution in [2.75, 3.05) is 56.2 Å². The number of morpholine rings is 1. The summed E-state index contributed by atoms with van der Waals surface area (Å²) >= 11 is 1.50. The van der Waals surface area contributed by atoms with Crippen LogP contribution in [0.4, 0.5) is 5.69 Å². The number of ether oxygens (including phenoxy) is 1. The number of nitrogens with one attached hydrogen (secondary N) is 3. The molecule has 3 heterocycles. The Morgan fingerprint density at radius 2 is 1.97 bits per heavy atom. The standard InChI is InChI=1S/C20H28N4O4S2/c25-19(21-6-1-7-24-8-10-28-11-9-24)12-15-2-4-16(5-3-15)22-20-23-17-13-30(26,27)14-18(17)29-20/h2-5,17-18H,1,6-14H2,(H,21,25)(H,22,23)/p+1/t17-,18-/m1/s1. The number of hydrogen-bond acceptors (Lipinski definition) is 7. The molecule has 3 aliphatic heterocycles. The molecule has 8 nitrogen and oxygen atoms in total. The molecule has 0 aromatic heterocycles. The third kappa shape index (κ3) is 5.96. The lowest BCUT2D eigenvalue weighted by Crippen LogP contribution is -3.14. The third-order valence-corrected chi connectivity index (χ3v) is 8.76. The maximum atomic E-state index is 12.2. The molecule has 3 aliphatic rings. The maximum Gasteiger partial charge on any atom is 0.224 e. The van der Waals surface area contributed by atoms with E-state index >= 15 is 0 Å². The van der Waals surface area contributed by atoms with Gasteiger partial charge in [-0.05, 0) is 17.7 Å². The van der Waals surface area contributed by atoms with E-state index in [1.54, 1.807) is 4.90 Å². The van der Waals surface area contributed by atoms with E-state index in [2.05, 4.69) is 15.6 Å². The van der Waals surface area contributed by atoms with E-state index in [0.29, 0.717) is 13.0 Å². The van der Waals surface area contributed by atoms with Crippen molar-refractivity contribution in [1.29, 1.82) is 0 Å². The number of thioether (sulfide) groups is 1. The molecule has 10 heteroatoms. The van der Waals surface area contributed by atoms with Crippen molar-refractivity contribution in [3.8, 4) is 0 Å². The molecule has 0 saturated carbocycles. The van der Waals surface area contributed by atoms with Gasteiger partial charge in [-0.1, -0.05) is 23.9 Å². The second-order valence-electron chi connectivity index (χ2n) is 8.05. The number of sulfone groups is 1. The summed E-state index contributed by atoms with van der Waals surface area (Å²) in [6.07, 6.45) is 1.34. The van der Waals surface area contributed by atoms with Crippen LogP contribution in [0, 0.1) is 0 Å². The van der Waals surface area contributed by atoms with E-state index in [0.717, 1.165) is 55.7 Å². The average Bonchev–Trinajstić information content (AvgIpc) is 3.20. The molecule has 30 heavy (non-hydrogen) atoms. The molecular formula is C20H29N4O4S2+. The first-order chi connectivity index (χ1) is 14.5. The van der Waals surface area contributed by atoms with Gasteiger partial charge in [0.05, 0.1) is 43.7 Å². The summed E-state index contributed by atoms with van der Waals surface area (Å²) < 4.78 is 28.7. The van der Waals surface area contributed by atoms with Gasteiger partial charge in [0.25, 0.3) is 0 Å². The number of quaternary nitrogens is 1. The summed E-state index contributed by atoms with van der Waals surface area (Å²) in [6, 6.07) is 7.60. The summed E-state index contributed by atoms with van der Waals surface area (Å²) in [5.74, 6) is 0.397. The largest absolute Gasteiger partial charge is 0.370 e. The number of rotatable bonds is 7. The molecule has 4 rings (SSSR count). The van der Waals surface area contributed by atoms with Crippen molar-refractivity contribution in [3.05, 3.63) is 29.8 Å². The van der Waals surface area contributed by atoms with Gasteiger partial charge >= 0.3 is 0 Å². The Labute approximate surface area is 181 Å². The monoisotopic (exact) mass is 453 g/mol. The van der Waals surface area contributed by atoms with Gasteiger partial charge in [0.2, 0.25) is 5.91 Å². The Bertz CT molecular complexity index is 883. The number of nitrogens with zero attached hydrogens (tertiary/aromatic N) is 1. The van der Waals surface area contributed by atoms with Crippen molar-refractivity contribution < 1.29 is 22.8 Å². The number of amidine groups is 1. The lowest BCUT2D eigenvalue weighted by molar-refractivity contribution is -0.908. The highest BCUT2D eigenvalue weighted by atomic mass is 32.2. The zero-order chi connectivity index (χ0) is 21.0. The number of carbonyl (C=O) groups is 1. The molecule has 164 valence electrons. The molecule has 0 aliphatic carbocycles. The molecule has 1 aromatic rings. The van der Waals surface area contributed by atoms with Gasteiger partial charge in [0.1, 0.15) is 13.1 Å². The first-order valence-electron chi connectivity index (χ1n) is 10.5. The molecule has 0 unspecified atom stereocenters. The number of aliphatic imine (C=N–C) groups is 1. The van der Waals surface area contributed by atoms with Crippen LogP contribution in [0.15, 0.2) is 29.3 Å². The Kier molecular flexibility index (Phi) is 6.97. The van der Waals surface area contributed by atoms with Crippen LogP contribution in [0.5, 0.6) is 0 Å². The van der Waals surface area contributed by atoms with E-state index in [1.165, 1.54) is 11.8 Å². The second-order valence-corrected chi connectivity index (χ2v) is 11.4. The number of benzene rings is 1. The van der Waals surface area contributed by atoms with Crippen molar-refractivity contribution in [3.63, 3.8) is 0 Å². The Balaban J connectivity index is 1.17. The average molecular weight is 454 g/mol. The Morgan fingerprint density at radius 1 is 1.20 bits per heavy atom. The van der Waals surface area contributed by atoms with Gasteiger partial charge in [0.15, 0.2) is 15.0 Å². The molecule has 0 spiro atoms. The minimum Gasteiger partial charge on any atom is -0.370 e. The van der Waals surface area contributed by atoms with Crippen molar-refractivity contribution in [1.82, 2.24) is 5.32 Å². The van der Waals surface area contributed by atoms with E-state index in [1.807, 2.05) is 24.3 Å². The summed E-state index contributed by atoms with van der Waals surface area (Å²) in [5.41, 5.74) is 1.85. The molecular weight excluding hydrogens is 424 g/mol. The number of anilines is 1. The van der Waals surface area contributed by atoms with Crippen molar-refractivity contribution in [2.24, 2.45) is 4.99 Å². The van der Waals surface area contributed by atoms with E-state index < -0.39 is 9.84 Å². The van der Waals surface area contributed by atoms with E-state index in [4.69, 9.17) is 4.74 Å². The first-order valence-corrected chi connectivity index (χ1v) is 13.2. The molecule has 1 aromatic carbocycles. The lowest BCUT2D eigenvalue weighted by Gasteiger charge is -2.23. The van der Waals surface area contributed by atoms with Gasteiger partial charge in [-0.15, -0.1) is 0 Å². The molecule has 0 radical (unpaired) electrons. The lowest BCUT2D eigenvalue weighted by atomic mass is 10.1. The van der Waals surface area contributed by atoms with Crippen LogP contribution < -0.4 is 15.5 Å². The second kappa shape index (κ2) is 9.67. The number of carbonyl (C=O) groups excluding carboxylic acids is 1. The van der Waals surface area contributed by atoms with Gasteiger partial charge < -0.3 is 20.3 Å². The fourth-order valence-corrected chi connectivity index (χ4v) is 7.65. The van der Waals surface area contributed by atoms with E-state index in [-0.39, 0.29) is 28.7 Å². The summed E-state index contributed by atoms with van der Waals surface area (Å²) in [6.45, 7) is 5.56. The third-order valence-electron chi connectivity index (χ3n) is 5.62. The Morgan fingerprint density at radius 3 is 2.70 bits per heavy atom. The Hall–Kier alpha value is -1.62. The van der Waals surface area contributed by atoms with Crippen molar-refractivity contribution >= 4 is 38.4 Å². The van der Waals surface area contributed by atoms with Crippen LogP contribution >= 0.6 is 11.8 Å². The molecule has 2 fully saturated rings. The number of hydrogen-bond donors (Lipinski definition) is 3. The molecule has 3 N–H and O–H groups in total. The minimum absolute atomic E-state index is 0.0327. The maximum absolute atomic E-state index is 12.2. The predicted molar refractivity (Wildman–Crippen MR) is 119 cm³/mol. The summed E-state index contributed by atoms with van der Waals surface area (Å²) in [7, 11) is -2.93. The number of amides is 1. The normalized spacial score (nSPS) is 25.5. The van der Waals surface area contributed by atoms with Gasteiger partial charge in [-0.2, -0.15) is 0 Å². The molecule has 0 bridgehead atoms. The van der Waals surface area contributed by atoms with Gasteiger partial charge in [0, 0.05) is 23.9 Å². The SMILES string of the molecule is O=C(Cc1ccc(NC2=N[C@@H]3CS(=O)(=O)C[C@H]3S2)cc1)NCCC[NH+]1CCOCC1. The van der Waals surface area contributed by atoms with Gasteiger partial charge in [-0.3, -0.25) is 9.79 Å². The highest BCUT2D eigenvalue weighted by molar-refractivity contribution is 8.15. The van der Waals surface area contributed by atoms with Crippen LogP contribution in [0.25, 0.3) is 0 Å². The number of fused-ring (bicyclic) bond motifs is 1. The molecule has 2 saturated heterocycles. The quantitative estimate of drug-likeness (QED) is 0.474. The van der Waals surface area contributed by atoms with Crippen molar-refractivity contribution in [2.45, 2.75) is 24.1 Å². The fourth-order valence-electron chi connectivity index (χ4n) is 3.97. The molecule has 1 amide bonds. The van der Waals surface area contributed by atoms with Crippen LogP contribution in [0.3, 0.4) is 0 Å². The summed E-state index contributed by atoms with van der Waals surface area (Å²) in [5, 5.41) is 7.06. The highest BCUT2D eigenvalue weighted by Crippen LogP contribution is 2.34. The predicted octanol–water partition coefficient (Wildman–Crippen LogP) is -0.669. The smallest absolute Gasteiger partial charge is 0.224 e. The zero-order valence-electron chi connectivity index (χ0n) is 16.9.